The Bertz CT molecular complexity index is 2750. The molecule has 0 amide bonds. The van der Waals surface area contributed by atoms with Gasteiger partial charge in [-0.05, 0) is 104 Å². The van der Waals surface area contributed by atoms with Gasteiger partial charge in [0.05, 0.1) is 11.4 Å². The molecule has 8 aromatic rings. The van der Waals surface area contributed by atoms with Crippen LogP contribution in [0, 0.1) is 0 Å². The zero-order valence-electron chi connectivity index (χ0n) is 28.2. The molecule has 0 bridgehead atoms. The molecule has 0 fully saturated rings. The highest BCUT2D eigenvalue weighted by Gasteiger charge is 2.37. The summed E-state index contributed by atoms with van der Waals surface area (Å²) in [5, 5.41) is 11.5. The molecule has 0 aliphatic carbocycles. The highest BCUT2D eigenvalue weighted by molar-refractivity contribution is 6.25. The zero-order chi connectivity index (χ0) is 34.2. The third-order valence-corrected chi connectivity index (χ3v) is 10.7. The van der Waals surface area contributed by atoms with Gasteiger partial charge in [-0.1, -0.05) is 97.1 Å². The molecule has 0 spiro atoms. The van der Waals surface area contributed by atoms with E-state index in [2.05, 4.69) is 161 Å². The highest BCUT2D eigenvalue weighted by Crippen LogP contribution is 2.47. The highest BCUT2D eigenvalue weighted by atomic mass is 15.4. The molecule has 6 nitrogen and oxygen atoms in total. The summed E-state index contributed by atoms with van der Waals surface area (Å²) < 4.78 is 0. The average molecular weight is 669 g/mol. The van der Waals surface area contributed by atoms with Gasteiger partial charge >= 0.3 is 0 Å². The molecule has 2 atom stereocenters. The number of para-hydroxylation sites is 2. The number of pyridine rings is 1. The molecular weight excluding hydrogens is 637 g/mol. The quantitative estimate of drug-likeness (QED) is 0.186. The summed E-state index contributed by atoms with van der Waals surface area (Å²) in [4.78, 5) is 19.7. The van der Waals surface area contributed by atoms with Crippen LogP contribution in [0.25, 0.3) is 43.4 Å². The third-order valence-electron chi connectivity index (χ3n) is 10.7. The number of nitrogens with one attached hydrogen (secondary N) is 1. The molecule has 0 radical (unpaired) electrons. The van der Waals surface area contributed by atoms with Crippen LogP contribution < -0.4 is 15.1 Å². The molecule has 52 heavy (non-hydrogen) atoms. The van der Waals surface area contributed by atoms with E-state index in [1.54, 1.807) is 0 Å². The summed E-state index contributed by atoms with van der Waals surface area (Å²) in [6.07, 6.45) is 6.43. The van der Waals surface area contributed by atoms with Crippen molar-refractivity contribution in [3.8, 4) is 11.1 Å². The lowest BCUT2D eigenvalue weighted by Gasteiger charge is -2.29. The lowest BCUT2D eigenvalue weighted by Crippen LogP contribution is -2.36. The van der Waals surface area contributed by atoms with Gasteiger partial charge in [0.25, 0.3) is 0 Å². The second kappa shape index (κ2) is 11.4. The van der Waals surface area contributed by atoms with Crippen molar-refractivity contribution in [2.75, 3.05) is 15.1 Å². The van der Waals surface area contributed by atoms with Gasteiger partial charge in [0.2, 0.25) is 0 Å². The number of allylic oxidation sites excluding steroid dienone is 1. The number of rotatable bonds is 5. The van der Waals surface area contributed by atoms with E-state index in [0.29, 0.717) is 0 Å². The number of nitrogens with zero attached hydrogens (tertiary/aromatic N) is 5. The van der Waals surface area contributed by atoms with Crippen LogP contribution in [0.3, 0.4) is 0 Å². The number of hydrogen-bond donors (Lipinski definition) is 1. The molecule has 6 heteroatoms. The minimum atomic E-state index is -0.211. The molecule has 3 aliphatic rings. The fraction of sp³-hybridized carbons (Fsp3) is 0.0652. The van der Waals surface area contributed by atoms with Crippen molar-refractivity contribution >= 4 is 67.2 Å². The van der Waals surface area contributed by atoms with E-state index < -0.39 is 0 Å². The number of anilines is 4. The minimum Gasteiger partial charge on any atom is -0.358 e. The molecule has 0 saturated heterocycles. The minimum absolute atomic E-state index is 0.202. The van der Waals surface area contributed by atoms with Gasteiger partial charge in [0.1, 0.15) is 12.0 Å². The molecule has 7 aromatic carbocycles. The van der Waals surface area contributed by atoms with Gasteiger partial charge in [-0.3, -0.25) is 14.8 Å². The topological polar surface area (TPSA) is 56.1 Å². The van der Waals surface area contributed by atoms with Gasteiger partial charge in [-0.25, -0.2) is 9.98 Å². The van der Waals surface area contributed by atoms with Gasteiger partial charge in [0, 0.05) is 35.8 Å². The standard InChI is InChI=1S/C46H32N6/c1-3-12-35(13-4-1)51-43(49-39-16-8-24-47-45(39)51)33-26-32(37-22-20-31-19-18-29-10-7-11-30-21-23-38(37)42(31)41(29)30)27-34(28-33)44-50-40-17-9-25-48-46(40)52(44)36-14-5-2-6-15-36/h1-8,10-28,43,46,49H,9H2. The van der Waals surface area contributed by atoms with E-state index in [9.17, 15) is 0 Å². The maximum atomic E-state index is 5.33. The number of amidine groups is 1. The zero-order valence-corrected chi connectivity index (χ0v) is 28.2. The Kier molecular flexibility index (Phi) is 6.34. The van der Waals surface area contributed by atoms with Gasteiger partial charge in [-0.2, -0.15) is 0 Å². The smallest absolute Gasteiger partial charge is 0.168 e. The average Bonchev–Trinajstić information content (AvgIpc) is 3.80. The Morgan fingerprint density at radius 3 is 2.13 bits per heavy atom. The largest absolute Gasteiger partial charge is 0.358 e. The summed E-state index contributed by atoms with van der Waals surface area (Å²) in [5.74, 6) is 1.80. The van der Waals surface area contributed by atoms with E-state index in [1.807, 2.05) is 18.5 Å². The first-order valence-corrected chi connectivity index (χ1v) is 17.8. The van der Waals surface area contributed by atoms with E-state index in [0.717, 1.165) is 57.5 Å². The molecular formula is C46H32N6. The number of hydrogen-bond acceptors (Lipinski definition) is 6. The molecule has 3 aliphatic heterocycles. The van der Waals surface area contributed by atoms with Crippen molar-refractivity contribution in [2.24, 2.45) is 9.98 Å². The first kappa shape index (κ1) is 29.0. The maximum absolute atomic E-state index is 5.33. The molecule has 0 saturated carbocycles. The van der Waals surface area contributed by atoms with Gasteiger partial charge < -0.3 is 5.32 Å². The van der Waals surface area contributed by atoms with Crippen molar-refractivity contribution < 1.29 is 0 Å². The maximum Gasteiger partial charge on any atom is 0.168 e. The van der Waals surface area contributed by atoms with Crippen molar-refractivity contribution in [3.63, 3.8) is 0 Å². The summed E-state index contributed by atoms with van der Waals surface area (Å²) in [6.45, 7) is 0. The Morgan fingerprint density at radius 2 is 1.33 bits per heavy atom. The van der Waals surface area contributed by atoms with Crippen LogP contribution in [0.1, 0.15) is 23.7 Å². The summed E-state index contributed by atoms with van der Waals surface area (Å²) in [5.41, 5.74) is 8.58. The SMILES string of the molecule is C1=NC2C(=CC1)N=C(c1cc(-c3ccc4ccc5cccc6ccc3c4c56)cc(C3Nc4cccnc4N3c3ccccc3)c1)N2c1ccccc1. The Morgan fingerprint density at radius 1 is 0.615 bits per heavy atom. The summed E-state index contributed by atoms with van der Waals surface area (Å²) in [7, 11) is 0. The second-order valence-corrected chi connectivity index (χ2v) is 13.7. The molecule has 246 valence electrons. The van der Waals surface area contributed by atoms with Crippen LogP contribution in [-0.2, 0) is 0 Å². The van der Waals surface area contributed by atoms with E-state index in [1.165, 1.54) is 37.9 Å². The fourth-order valence-electron chi connectivity index (χ4n) is 8.38. The van der Waals surface area contributed by atoms with Crippen LogP contribution in [-0.4, -0.2) is 23.2 Å². The lowest BCUT2D eigenvalue weighted by atomic mass is 9.88. The third kappa shape index (κ3) is 4.40. The summed E-state index contributed by atoms with van der Waals surface area (Å²) in [6, 6.07) is 52.3. The van der Waals surface area contributed by atoms with Crippen molar-refractivity contribution in [1.82, 2.24) is 4.98 Å². The number of aliphatic imine (C=N–C) groups is 2. The van der Waals surface area contributed by atoms with E-state index in [4.69, 9.17) is 15.0 Å². The predicted octanol–water partition coefficient (Wildman–Crippen LogP) is 10.9. The van der Waals surface area contributed by atoms with Crippen LogP contribution >= 0.6 is 0 Å². The first-order valence-electron chi connectivity index (χ1n) is 17.8. The van der Waals surface area contributed by atoms with Crippen LogP contribution in [0.2, 0.25) is 0 Å². The van der Waals surface area contributed by atoms with E-state index >= 15 is 0 Å². The molecule has 1 N–H and O–H groups in total. The first-order chi connectivity index (χ1) is 25.8. The monoisotopic (exact) mass is 668 g/mol. The number of dihydropyridines is 1. The predicted molar refractivity (Wildman–Crippen MR) is 215 cm³/mol. The number of benzene rings is 7. The Hall–Kier alpha value is -6.79. The summed E-state index contributed by atoms with van der Waals surface area (Å²) >= 11 is 0. The Balaban J connectivity index is 1.17. The number of fused-ring (bicyclic) bond motifs is 2. The second-order valence-electron chi connectivity index (χ2n) is 13.7. The van der Waals surface area contributed by atoms with Gasteiger partial charge in [-0.15, -0.1) is 0 Å². The van der Waals surface area contributed by atoms with Crippen LogP contribution in [0.15, 0.2) is 174 Å². The molecule has 2 unspecified atom stereocenters. The molecule has 1 aromatic heterocycles. The van der Waals surface area contributed by atoms with E-state index in [-0.39, 0.29) is 12.3 Å². The Labute approximate surface area is 301 Å². The van der Waals surface area contributed by atoms with Crippen molar-refractivity contribution in [2.45, 2.75) is 18.8 Å². The lowest BCUT2D eigenvalue weighted by molar-refractivity contribution is 0.811. The van der Waals surface area contributed by atoms with Crippen molar-refractivity contribution in [1.29, 1.82) is 0 Å². The van der Waals surface area contributed by atoms with Crippen LogP contribution in [0.5, 0.6) is 0 Å². The molecule has 11 rings (SSSR count). The fourth-order valence-corrected chi connectivity index (χ4v) is 8.38. The van der Waals surface area contributed by atoms with Crippen molar-refractivity contribution in [3.05, 3.63) is 175 Å². The normalized spacial score (nSPS) is 17.8. The molecule has 4 heterocycles. The number of aromatic nitrogens is 1. The van der Waals surface area contributed by atoms with Gasteiger partial charge in [0.15, 0.2) is 12.0 Å². The van der Waals surface area contributed by atoms with Crippen LogP contribution in [0.4, 0.5) is 22.9 Å².